The molecule has 1 aliphatic heterocycles. The highest BCUT2D eigenvalue weighted by Gasteiger charge is 2.21. The van der Waals surface area contributed by atoms with Crippen LogP contribution in [0, 0.1) is 0 Å². The first-order chi connectivity index (χ1) is 14.5. The number of piperidine rings is 1. The Morgan fingerprint density at radius 1 is 1.33 bits per heavy atom. The summed E-state index contributed by atoms with van der Waals surface area (Å²) in [7, 11) is 1.60. The average molecular weight is 433 g/mol. The Bertz CT molecular complexity index is 843. The molecule has 6 nitrogen and oxygen atoms in total. The number of ether oxygens (including phenoxy) is 2. The van der Waals surface area contributed by atoms with Crippen molar-refractivity contribution in [1.82, 2.24) is 10.2 Å². The highest BCUT2D eigenvalue weighted by Crippen LogP contribution is 2.28. The van der Waals surface area contributed by atoms with E-state index in [0.29, 0.717) is 29.5 Å². The van der Waals surface area contributed by atoms with Crippen LogP contribution in [0.5, 0.6) is 5.75 Å². The van der Waals surface area contributed by atoms with Crippen LogP contribution in [0.25, 0.3) is 6.08 Å². The number of carbonyl (C=O) groups is 1. The lowest BCUT2D eigenvalue weighted by molar-refractivity contribution is 0.0936. The van der Waals surface area contributed by atoms with Gasteiger partial charge in [0.15, 0.2) is 0 Å². The molecule has 1 amide bonds. The van der Waals surface area contributed by atoms with Crippen molar-refractivity contribution in [3.63, 3.8) is 0 Å². The third-order valence-corrected chi connectivity index (χ3v) is 5.31. The first-order valence-electron chi connectivity index (χ1n) is 10.2. The van der Waals surface area contributed by atoms with Crippen LogP contribution in [0.2, 0.25) is 5.02 Å². The highest BCUT2D eigenvalue weighted by molar-refractivity contribution is 6.32. The predicted octanol–water partition coefficient (Wildman–Crippen LogP) is 4.26. The summed E-state index contributed by atoms with van der Waals surface area (Å²) in [5.74, 6) is 1.33. The van der Waals surface area contributed by atoms with Crippen molar-refractivity contribution in [2.24, 2.45) is 0 Å². The number of likely N-dealkylation sites (tertiary alicyclic amines) is 1. The molecule has 0 radical (unpaired) electrons. The number of hydrogen-bond donors (Lipinski definition) is 1. The Balaban J connectivity index is 1.47. The van der Waals surface area contributed by atoms with E-state index in [0.717, 1.165) is 38.2 Å². The monoisotopic (exact) mass is 432 g/mol. The predicted molar refractivity (Wildman–Crippen MR) is 118 cm³/mol. The fraction of sp³-hybridized carbons (Fsp3) is 0.435. The number of amides is 1. The number of halogens is 1. The van der Waals surface area contributed by atoms with Crippen LogP contribution < -0.4 is 10.1 Å². The molecule has 1 N–H and O–H groups in total. The summed E-state index contributed by atoms with van der Waals surface area (Å²) in [4.78, 5) is 14.5. The number of carbonyl (C=O) groups excluding carboxylic acids is 1. The minimum Gasteiger partial charge on any atom is -0.489 e. The van der Waals surface area contributed by atoms with E-state index in [1.165, 1.54) is 5.57 Å². The second-order valence-corrected chi connectivity index (χ2v) is 7.90. The topological polar surface area (TPSA) is 63.9 Å². The van der Waals surface area contributed by atoms with Crippen LogP contribution in [0.4, 0.5) is 0 Å². The molecule has 162 valence electrons. The van der Waals surface area contributed by atoms with Gasteiger partial charge in [0, 0.05) is 38.9 Å². The molecule has 1 saturated heterocycles. The first kappa shape index (κ1) is 22.4. The number of nitrogens with zero attached hydrogens (tertiary/aromatic N) is 1. The fourth-order valence-corrected chi connectivity index (χ4v) is 3.71. The van der Waals surface area contributed by atoms with Crippen LogP contribution in [0.3, 0.4) is 0 Å². The maximum Gasteiger partial charge on any atom is 0.251 e. The minimum absolute atomic E-state index is 0.120. The van der Waals surface area contributed by atoms with Crippen molar-refractivity contribution in [2.75, 3.05) is 39.9 Å². The summed E-state index contributed by atoms with van der Waals surface area (Å²) in [5, 5.41) is 3.24. The molecule has 3 rings (SSSR count). The van der Waals surface area contributed by atoms with E-state index in [2.05, 4.69) is 23.2 Å². The van der Waals surface area contributed by atoms with Gasteiger partial charge in [0.2, 0.25) is 0 Å². The van der Waals surface area contributed by atoms with Gasteiger partial charge in [0.1, 0.15) is 17.6 Å². The number of methoxy groups -OCH3 is 1. The van der Waals surface area contributed by atoms with E-state index in [1.807, 2.05) is 12.1 Å². The maximum atomic E-state index is 12.1. The smallest absolute Gasteiger partial charge is 0.251 e. The Labute approximate surface area is 182 Å². The van der Waals surface area contributed by atoms with Gasteiger partial charge in [-0.15, -0.1) is 0 Å². The Kier molecular flexibility index (Phi) is 8.37. The van der Waals surface area contributed by atoms with E-state index in [9.17, 15) is 4.79 Å². The maximum absolute atomic E-state index is 12.1. The lowest BCUT2D eigenvalue weighted by Gasteiger charge is -2.32. The Hall–Kier alpha value is -2.28. The molecule has 0 saturated carbocycles. The molecule has 1 aromatic carbocycles. The molecule has 0 unspecified atom stereocenters. The summed E-state index contributed by atoms with van der Waals surface area (Å²) < 4.78 is 16.4. The molecule has 1 fully saturated rings. The molecule has 0 aliphatic carbocycles. The number of hydrogen-bond acceptors (Lipinski definition) is 5. The summed E-state index contributed by atoms with van der Waals surface area (Å²) in [6, 6.07) is 9.02. The van der Waals surface area contributed by atoms with Crippen molar-refractivity contribution in [3.8, 4) is 5.75 Å². The van der Waals surface area contributed by atoms with Gasteiger partial charge >= 0.3 is 0 Å². The Morgan fingerprint density at radius 2 is 2.13 bits per heavy atom. The van der Waals surface area contributed by atoms with Crippen molar-refractivity contribution >= 4 is 23.6 Å². The second-order valence-electron chi connectivity index (χ2n) is 7.49. The molecule has 0 bridgehead atoms. The van der Waals surface area contributed by atoms with Gasteiger partial charge in [0.25, 0.3) is 5.91 Å². The molecular weight excluding hydrogens is 404 g/mol. The molecule has 2 aromatic rings. The standard InChI is InChI=1S/C23H29ClN2O4/c1-17(14-20-4-3-12-29-20)16-26-10-7-19(8-11-26)30-22-6-5-18(15-21(22)24)23(27)25-9-13-28-2/h3-6,12,14-15,19H,7-11,13,16H2,1-2H3,(H,25,27)/b17-14+. The number of rotatable bonds is 9. The van der Waals surface area contributed by atoms with E-state index < -0.39 is 0 Å². The van der Waals surface area contributed by atoms with Gasteiger partial charge in [-0.25, -0.2) is 0 Å². The average Bonchev–Trinajstić information content (AvgIpc) is 3.24. The quantitative estimate of drug-likeness (QED) is 0.600. The minimum atomic E-state index is -0.174. The normalized spacial score (nSPS) is 15.9. The third kappa shape index (κ3) is 6.62. The van der Waals surface area contributed by atoms with Gasteiger partial charge < -0.3 is 19.2 Å². The molecule has 1 aliphatic rings. The van der Waals surface area contributed by atoms with Gasteiger partial charge in [-0.3, -0.25) is 9.69 Å². The second kappa shape index (κ2) is 11.2. The van der Waals surface area contributed by atoms with Gasteiger partial charge in [-0.1, -0.05) is 17.2 Å². The van der Waals surface area contributed by atoms with Crippen molar-refractivity contribution < 1.29 is 18.7 Å². The first-order valence-corrected chi connectivity index (χ1v) is 10.6. The van der Waals surface area contributed by atoms with Crippen molar-refractivity contribution in [1.29, 1.82) is 0 Å². The summed E-state index contributed by atoms with van der Waals surface area (Å²) in [6.07, 6.45) is 5.75. The lowest BCUT2D eigenvalue weighted by Crippen LogP contribution is -2.39. The number of furan rings is 1. The van der Waals surface area contributed by atoms with Crippen LogP contribution >= 0.6 is 11.6 Å². The zero-order chi connectivity index (χ0) is 21.3. The molecule has 2 heterocycles. The molecule has 0 spiro atoms. The fourth-order valence-electron chi connectivity index (χ4n) is 3.49. The number of nitrogens with one attached hydrogen (secondary N) is 1. The van der Waals surface area contributed by atoms with Crippen molar-refractivity contribution in [2.45, 2.75) is 25.9 Å². The van der Waals surface area contributed by atoms with E-state index in [-0.39, 0.29) is 12.0 Å². The van der Waals surface area contributed by atoms with Gasteiger partial charge in [-0.05, 0) is 56.2 Å². The van der Waals surface area contributed by atoms with Crippen LogP contribution in [0.15, 0.2) is 46.6 Å². The summed E-state index contributed by atoms with van der Waals surface area (Å²) in [6.45, 7) is 5.90. The van der Waals surface area contributed by atoms with Gasteiger partial charge in [0.05, 0.1) is 17.9 Å². The molecule has 7 heteroatoms. The largest absolute Gasteiger partial charge is 0.489 e. The van der Waals surface area contributed by atoms with Crippen LogP contribution in [-0.2, 0) is 4.74 Å². The molecular formula is C23H29ClN2O4. The van der Waals surface area contributed by atoms with Crippen molar-refractivity contribution in [3.05, 3.63) is 58.5 Å². The van der Waals surface area contributed by atoms with Crippen LogP contribution in [0.1, 0.15) is 35.9 Å². The Morgan fingerprint density at radius 3 is 2.80 bits per heavy atom. The van der Waals surface area contributed by atoms with E-state index in [4.69, 9.17) is 25.5 Å². The summed E-state index contributed by atoms with van der Waals surface area (Å²) >= 11 is 6.36. The molecule has 30 heavy (non-hydrogen) atoms. The van der Waals surface area contributed by atoms with E-state index >= 15 is 0 Å². The van der Waals surface area contributed by atoms with Gasteiger partial charge in [-0.2, -0.15) is 0 Å². The highest BCUT2D eigenvalue weighted by atomic mass is 35.5. The third-order valence-electron chi connectivity index (χ3n) is 5.02. The van der Waals surface area contributed by atoms with Crippen LogP contribution in [-0.4, -0.2) is 56.8 Å². The SMILES string of the molecule is COCCNC(=O)c1ccc(OC2CCN(C/C(C)=C/c3ccco3)CC2)c(Cl)c1. The number of benzene rings is 1. The lowest BCUT2D eigenvalue weighted by atomic mass is 10.1. The zero-order valence-corrected chi connectivity index (χ0v) is 18.3. The van der Waals surface area contributed by atoms with E-state index in [1.54, 1.807) is 31.6 Å². The summed E-state index contributed by atoms with van der Waals surface area (Å²) in [5.41, 5.74) is 1.78. The molecule has 0 atom stereocenters. The zero-order valence-electron chi connectivity index (χ0n) is 17.5. The molecule has 1 aromatic heterocycles.